The number of nitrogens with zero attached hydrogens (tertiary/aromatic N) is 3. The number of carbonyl (C=O) groups is 1. The number of amides is 1. The van der Waals surface area contributed by atoms with Crippen molar-refractivity contribution in [2.45, 2.75) is 32.4 Å². The van der Waals surface area contributed by atoms with Crippen LogP contribution >= 0.6 is 0 Å². The first-order valence-electron chi connectivity index (χ1n) is 11.0. The van der Waals surface area contributed by atoms with Crippen LogP contribution in [0, 0.1) is 0 Å². The van der Waals surface area contributed by atoms with Gasteiger partial charge in [-0.25, -0.2) is 0 Å². The predicted molar refractivity (Wildman–Crippen MR) is 132 cm³/mol. The molecule has 174 valence electrons. The number of guanidine groups is 1. The van der Waals surface area contributed by atoms with Crippen molar-refractivity contribution in [2.24, 2.45) is 4.99 Å². The van der Waals surface area contributed by atoms with Crippen LogP contribution in [0.15, 0.2) is 72.0 Å². The number of anilines is 1. The fourth-order valence-electron chi connectivity index (χ4n) is 3.41. The highest BCUT2D eigenvalue weighted by molar-refractivity contribution is 5.90. The summed E-state index contributed by atoms with van der Waals surface area (Å²) in [6.07, 6.45) is 4.39. The Labute approximate surface area is 195 Å². The summed E-state index contributed by atoms with van der Waals surface area (Å²) in [4.78, 5) is 16.5. The zero-order valence-electron chi connectivity index (χ0n) is 19.4. The average Bonchev–Trinajstić information content (AvgIpc) is 3.34. The highest BCUT2D eigenvalue weighted by Gasteiger charge is 2.07. The third-order valence-corrected chi connectivity index (χ3v) is 5.31. The van der Waals surface area contributed by atoms with Crippen LogP contribution in [-0.2, 0) is 17.9 Å². The molecule has 33 heavy (non-hydrogen) atoms. The van der Waals surface area contributed by atoms with Crippen LogP contribution in [0.1, 0.15) is 30.4 Å². The highest BCUT2D eigenvalue weighted by Crippen LogP contribution is 2.21. The van der Waals surface area contributed by atoms with Gasteiger partial charge in [-0.3, -0.25) is 14.5 Å². The normalized spacial score (nSPS) is 12.2. The van der Waals surface area contributed by atoms with Crippen molar-refractivity contribution in [3.05, 3.63) is 78.1 Å². The highest BCUT2D eigenvalue weighted by atomic mass is 16.5. The summed E-state index contributed by atoms with van der Waals surface area (Å²) >= 11 is 0. The first-order valence-corrected chi connectivity index (χ1v) is 11.0. The van der Waals surface area contributed by atoms with Crippen molar-refractivity contribution < 1.29 is 9.53 Å². The van der Waals surface area contributed by atoms with Crippen LogP contribution in [-0.4, -0.2) is 42.3 Å². The first kappa shape index (κ1) is 23.8. The quantitative estimate of drug-likeness (QED) is 0.327. The minimum atomic E-state index is -0.118. The lowest BCUT2D eigenvalue weighted by Crippen LogP contribution is -2.37. The number of methoxy groups -OCH3 is 1. The molecule has 0 saturated carbocycles. The van der Waals surface area contributed by atoms with E-state index in [9.17, 15) is 4.79 Å². The number of aliphatic imine (C=N–C) groups is 1. The van der Waals surface area contributed by atoms with E-state index >= 15 is 0 Å². The molecule has 3 rings (SSSR count). The Kier molecular flexibility index (Phi) is 8.88. The minimum absolute atomic E-state index is 0.118. The van der Waals surface area contributed by atoms with E-state index in [4.69, 9.17) is 4.74 Å². The van der Waals surface area contributed by atoms with Gasteiger partial charge in [0.25, 0.3) is 0 Å². The van der Waals surface area contributed by atoms with Gasteiger partial charge in [0.2, 0.25) is 5.91 Å². The second kappa shape index (κ2) is 12.3. The van der Waals surface area contributed by atoms with Crippen LogP contribution in [0.4, 0.5) is 5.69 Å². The van der Waals surface area contributed by atoms with Crippen molar-refractivity contribution >= 4 is 17.6 Å². The monoisotopic (exact) mass is 448 g/mol. The van der Waals surface area contributed by atoms with Crippen LogP contribution < -0.4 is 20.7 Å². The van der Waals surface area contributed by atoms with Gasteiger partial charge >= 0.3 is 0 Å². The largest absolute Gasteiger partial charge is 0.497 e. The van der Waals surface area contributed by atoms with Gasteiger partial charge < -0.3 is 20.7 Å². The van der Waals surface area contributed by atoms with Crippen LogP contribution in [0.2, 0.25) is 0 Å². The van der Waals surface area contributed by atoms with E-state index in [1.807, 2.05) is 36.4 Å². The Balaban J connectivity index is 1.43. The molecule has 0 fully saturated rings. The summed E-state index contributed by atoms with van der Waals surface area (Å²) in [7, 11) is 3.43. The number of carbonyl (C=O) groups excluding carboxylic acids is 1. The third-order valence-electron chi connectivity index (χ3n) is 5.31. The Morgan fingerprint density at radius 2 is 1.97 bits per heavy atom. The van der Waals surface area contributed by atoms with Gasteiger partial charge in [-0.15, -0.1) is 0 Å². The molecule has 1 atom stereocenters. The number of aromatic nitrogens is 2. The first-order chi connectivity index (χ1) is 16.1. The Morgan fingerprint density at radius 3 is 2.67 bits per heavy atom. The summed E-state index contributed by atoms with van der Waals surface area (Å²) in [6, 6.07) is 17.8. The fourth-order valence-corrected chi connectivity index (χ4v) is 3.41. The fraction of sp³-hybridized carbons (Fsp3) is 0.320. The van der Waals surface area contributed by atoms with Gasteiger partial charge in [0.15, 0.2) is 5.96 Å². The van der Waals surface area contributed by atoms with Crippen molar-refractivity contribution in [2.75, 3.05) is 26.0 Å². The summed E-state index contributed by atoms with van der Waals surface area (Å²) < 4.78 is 6.82. The van der Waals surface area contributed by atoms with E-state index in [0.29, 0.717) is 12.5 Å². The molecule has 0 saturated heterocycles. The molecular weight excluding hydrogens is 416 g/mol. The number of benzene rings is 2. The lowest BCUT2D eigenvalue weighted by molar-refractivity contribution is -0.116. The van der Waals surface area contributed by atoms with E-state index in [-0.39, 0.29) is 12.5 Å². The number of nitrogens with one attached hydrogen (secondary N) is 3. The molecule has 0 radical (unpaired) electrons. The van der Waals surface area contributed by atoms with Crippen molar-refractivity contribution in [1.82, 2.24) is 20.4 Å². The Bertz CT molecular complexity index is 1030. The lowest BCUT2D eigenvalue weighted by Gasteiger charge is -2.16. The minimum Gasteiger partial charge on any atom is -0.497 e. The maximum absolute atomic E-state index is 12.2. The van der Waals surface area contributed by atoms with E-state index in [2.05, 4.69) is 45.1 Å². The van der Waals surface area contributed by atoms with Crippen LogP contribution in [0.5, 0.6) is 5.75 Å². The molecule has 0 aliphatic carbocycles. The van der Waals surface area contributed by atoms with E-state index < -0.39 is 0 Å². The molecule has 1 unspecified atom stereocenters. The van der Waals surface area contributed by atoms with Crippen LogP contribution in [0.25, 0.3) is 0 Å². The van der Waals surface area contributed by atoms with Crippen LogP contribution in [0.3, 0.4) is 0 Å². The second-order valence-electron chi connectivity index (χ2n) is 7.77. The van der Waals surface area contributed by atoms with Gasteiger partial charge in [0.1, 0.15) is 12.3 Å². The lowest BCUT2D eigenvalue weighted by atomic mass is 9.98. The van der Waals surface area contributed by atoms with Gasteiger partial charge in [-0.1, -0.05) is 31.2 Å². The Hall–Kier alpha value is -3.81. The molecule has 0 aliphatic rings. The molecule has 3 aromatic rings. The summed E-state index contributed by atoms with van der Waals surface area (Å²) in [5, 5.41) is 13.7. The van der Waals surface area contributed by atoms with Crippen molar-refractivity contribution in [1.29, 1.82) is 0 Å². The topological polar surface area (TPSA) is 92.6 Å². The molecule has 3 N–H and O–H groups in total. The Morgan fingerprint density at radius 1 is 1.15 bits per heavy atom. The molecule has 0 bridgehead atoms. The van der Waals surface area contributed by atoms with Gasteiger partial charge in [-0.05, 0) is 53.8 Å². The molecular formula is C25H32N6O2. The number of ether oxygens (including phenoxy) is 1. The van der Waals surface area contributed by atoms with Gasteiger partial charge in [0.05, 0.1) is 7.11 Å². The summed E-state index contributed by atoms with van der Waals surface area (Å²) in [5.41, 5.74) is 3.08. The number of hydrogen-bond donors (Lipinski definition) is 3. The van der Waals surface area contributed by atoms with Crippen molar-refractivity contribution in [3.63, 3.8) is 0 Å². The number of hydrogen-bond acceptors (Lipinski definition) is 4. The average molecular weight is 449 g/mol. The third kappa shape index (κ3) is 7.68. The molecule has 8 heteroatoms. The molecule has 1 aromatic heterocycles. The maximum atomic E-state index is 12.2. The SMILES string of the molecule is CN=C(NCCC(C)c1ccc(OC)cc1)NCc1cccc(NC(=O)Cn2cccn2)c1. The standard InChI is InChI=1S/C25H32N6O2/c1-19(21-8-10-23(33-3)11-9-21)12-14-27-25(26-2)28-17-20-6-4-7-22(16-20)30-24(32)18-31-15-5-13-29-31/h4-11,13,15-16,19H,12,14,17-18H2,1-3H3,(H,30,32)(H2,26,27,28). The molecule has 1 amide bonds. The van der Waals surface area contributed by atoms with E-state index in [0.717, 1.165) is 35.9 Å². The molecule has 0 spiro atoms. The molecule has 1 heterocycles. The molecule has 2 aromatic carbocycles. The second-order valence-corrected chi connectivity index (χ2v) is 7.77. The maximum Gasteiger partial charge on any atom is 0.246 e. The zero-order valence-corrected chi connectivity index (χ0v) is 19.4. The van der Waals surface area contributed by atoms with E-state index in [1.54, 1.807) is 37.3 Å². The zero-order chi connectivity index (χ0) is 23.5. The number of rotatable bonds is 10. The summed E-state index contributed by atoms with van der Waals surface area (Å²) in [6.45, 7) is 3.79. The van der Waals surface area contributed by atoms with Gasteiger partial charge in [0, 0.05) is 38.2 Å². The smallest absolute Gasteiger partial charge is 0.246 e. The van der Waals surface area contributed by atoms with Gasteiger partial charge in [-0.2, -0.15) is 5.10 Å². The molecule has 8 nitrogen and oxygen atoms in total. The predicted octanol–water partition coefficient (Wildman–Crippen LogP) is 3.39. The van der Waals surface area contributed by atoms with Crippen molar-refractivity contribution in [3.8, 4) is 5.75 Å². The molecule has 0 aliphatic heterocycles. The van der Waals surface area contributed by atoms with E-state index in [1.165, 1.54) is 5.56 Å². The summed E-state index contributed by atoms with van der Waals surface area (Å²) in [5.74, 6) is 1.91.